The van der Waals surface area contributed by atoms with Gasteiger partial charge in [0.25, 0.3) is 5.91 Å². The van der Waals surface area contributed by atoms with Gasteiger partial charge >= 0.3 is 5.63 Å². The molecule has 2 aliphatic rings. The summed E-state index contributed by atoms with van der Waals surface area (Å²) in [5, 5.41) is 0. The van der Waals surface area contributed by atoms with Gasteiger partial charge in [0.2, 0.25) is 0 Å². The fourth-order valence-electron chi connectivity index (χ4n) is 3.47. The lowest BCUT2D eigenvalue weighted by Crippen LogP contribution is -2.44. The highest BCUT2D eigenvalue weighted by molar-refractivity contribution is 5.95. The Hall–Kier alpha value is -2.51. The minimum Gasteiger partial charge on any atom is -0.485 e. The van der Waals surface area contributed by atoms with Crippen molar-refractivity contribution in [2.75, 3.05) is 19.7 Å². The lowest BCUT2D eigenvalue weighted by molar-refractivity contribution is 0.0680. The van der Waals surface area contributed by atoms with E-state index in [1.54, 1.807) is 24.0 Å². The van der Waals surface area contributed by atoms with Crippen LogP contribution in [0.4, 0.5) is 0 Å². The molecule has 150 valence electrons. The van der Waals surface area contributed by atoms with Crippen molar-refractivity contribution in [3.63, 3.8) is 0 Å². The summed E-state index contributed by atoms with van der Waals surface area (Å²) in [5.74, 6) is 1.30. The van der Waals surface area contributed by atoms with E-state index >= 15 is 0 Å². The van der Waals surface area contributed by atoms with Crippen LogP contribution in [0.2, 0.25) is 0 Å². The molecular formula is C20H23ClN2O5. The Balaban J connectivity index is 0.00000225. The van der Waals surface area contributed by atoms with E-state index in [2.05, 4.69) is 0 Å². The van der Waals surface area contributed by atoms with Crippen LogP contribution in [0.25, 0.3) is 0 Å². The lowest BCUT2D eigenvalue weighted by Gasteiger charge is -2.30. The molecule has 0 spiro atoms. The number of amides is 1. The first-order chi connectivity index (χ1) is 13.0. The van der Waals surface area contributed by atoms with Gasteiger partial charge in [0, 0.05) is 19.1 Å². The quantitative estimate of drug-likeness (QED) is 0.823. The molecule has 0 aliphatic carbocycles. The van der Waals surface area contributed by atoms with Gasteiger partial charge < -0.3 is 24.5 Å². The molecule has 1 unspecified atom stereocenters. The standard InChI is InChI=1S/C20H22N2O5.ClH/c1-12-10-16(17-11-25-14-4-2-3-5-15(14)26-17)27-20(24)18(12)19(23)22-8-6-13(21)7-9-22;/h2-5,10,13,17H,6-9,11,21H2,1H3;1H. The molecule has 1 fully saturated rings. The third kappa shape index (κ3) is 3.86. The average Bonchev–Trinajstić information content (AvgIpc) is 2.67. The maximum Gasteiger partial charge on any atom is 0.349 e. The van der Waals surface area contributed by atoms with E-state index < -0.39 is 11.7 Å². The number of fused-ring (bicyclic) bond motifs is 1. The van der Waals surface area contributed by atoms with Crippen LogP contribution in [0.5, 0.6) is 11.5 Å². The molecular weight excluding hydrogens is 384 g/mol. The summed E-state index contributed by atoms with van der Waals surface area (Å²) >= 11 is 0. The van der Waals surface area contributed by atoms with Gasteiger partial charge in [0.15, 0.2) is 23.4 Å². The summed E-state index contributed by atoms with van der Waals surface area (Å²) in [6.45, 7) is 3.08. The fraction of sp³-hybridized carbons (Fsp3) is 0.400. The van der Waals surface area contributed by atoms with Crippen molar-refractivity contribution in [1.29, 1.82) is 0 Å². The van der Waals surface area contributed by atoms with Gasteiger partial charge in [-0.15, -0.1) is 12.4 Å². The van der Waals surface area contributed by atoms with E-state index in [9.17, 15) is 9.59 Å². The van der Waals surface area contributed by atoms with Gasteiger partial charge in [-0.25, -0.2) is 4.79 Å². The molecule has 7 nitrogen and oxygen atoms in total. The Labute approximate surface area is 168 Å². The zero-order valence-corrected chi connectivity index (χ0v) is 16.4. The van der Waals surface area contributed by atoms with Gasteiger partial charge in [-0.1, -0.05) is 12.1 Å². The highest BCUT2D eigenvalue weighted by atomic mass is 35.5. The predicted octanol–water partition coefficient (Wildman–Crippen LogP) is 2.45. The molecule has 4 rings (SSSR count). The Kier molecular flexibility index (Phi) is 5.96. The SMILES string of the molecule is Cc1cc(C2COc3ccccc3O2)oc(=O)c1C(=O)N1CCC(N)CC1.Cl. The summed E-state index contributed by atoms with van der Waals surface area (Å²) in [4.78, 5) is 27.0. The number of aryl methyl sites for hydroxylation is 1. The molecule has 0 saturated carbocycles. The maximum atomic E-state index is 12.8. The number of carbonyl (C=O) groups excluding carboxylic acids is 1. The number of hydrogen-bond acceptors (Lipinski definition) is 6. The highest BCUT2D eigenvalue weighted by Gasteiger charge is 2.29. The molecule has 2 N–H and O–H groups in total. The van der Waals surface area contributed by atoms with Crippen LogP contribution in [-0.4, -0.2) is 36.5 Å². The van der Waals surface area contributed by atoms with Gasteiger partial charge in [0.05, 0.1) is 0 Å². The number of para-hydroxylation sites is 2. The molecule has 0 radical (unpaired) electrons. The van der Waals surface area contributed by atoms with Gasteiger partial charge in [-0.2, -0.15) is 0 Å². The van der Waals surface area contributed by atoms with Gasteiger partial charge in [-0.3, -0.25) is 4.79 Å². The second kappa shape index (κ2) is 8.24. The zero-order chi connectivity index (χ0) is 19.0. The van der Waals surface area contributed by atoms with Crippen molar-refractivity contribution < 1.29 is 18.7 Å². The van der Waals surface area contributed by atoms with E-state index in [0.717, 1.165) is 12.8 Å². The second-order valence-corrected chi connectivity index (χ2v) is 6.99. The number of nitrogens with two attached hydrogens (primary N) is 1. The van der Waals surface area contributed by atoms with Crippen LogP contribution in [0.15, 0.2) is 39.5 Å². The van der Waals surface area contributed by atoms with Crippen LogP contribution in [0.1, 0.15) is 40.6 Å². The zero-order valence-electron chi connectivity index (χ0n) is 15.6. The van der Waals surface area contributed by atoms with Gasteiger partial charge in [-0.05, 0) is 43.5 Å². The second-order valence-electron chi connectivity index (χ2n) is 6.99. The molecule has 2 aliphatic heterocycles. The van der Waals surface area contributed by atoms with E-state index in [4.69, 9.17) is 19.6 Å². The number of hydrogen-bond donors (Lipinski definition) is 1. The molecule has 1 saturated heterocycles. The summed E-state index contributed by atoms with van der Waals surface area (Å²) < 4.78 is 17.0. The Bertz CT molecular complexity index is 921. The molecule has 2 aromatic rings. The van der Waals surface area contributed by atoms with E-state index in [1.807, 2.05) is 18.2 Å². The number of nitrogens with zero attached hydrogens (tertiary/aromatic N) is 1. The summed E-state index contributed by atoms with van der Waals surface area (Å²) in [7, 11) is 0. The molecule has 1 aromatic heterocycles. The number of ether oxygens (including phenoxy) is 2. The number of piperidine rings is 1. The van der Waals surface area contributed by atoms with Crippen LogP contribution >= 0.6 is 12.4 Å². The van der Waals surface area contributed by atoms with Crippen LogP contribution in [0.3, 0.4) is 0 Å². The molecule has 28 heavy (non-hydrogen) atoms. The Morgan fingerprint density at radius 3 is 2.54 bits per heavy atom. The molecule has 8 heteroatoms. The number of benzene rings is 1. The minimum atomic E-state index is -0.646. The molecule has 1 aromatic carbocycles. The monoisotopic (exact) mass is 406 g/mol. The van der Waals surface area contributed by atoms with Crippen LogP contribution < -0.4 is 20.8 Å². The lowest BCUT2D eigenvalue weighted by atomic mass is 10.0. The average molecular weight is 407 g/mol. The molecule has 0 bridgehead atoms. The molecule has 1 amide bonds. The van der Waals surface area contributed by atoms with E-state index in [-0.39, 0.29) is 36.5 Å². The minimum absolute atomic E-state index is 0. The third-order valence-electron chi connectivity index (χ3n) is 5.03. The Morgan fingerprint density at radius 1 is 1.18 bits per heavy atom. The van der Waals surface area contributed by atoms with Gasteiger partial charge in [0.1, 0.15) is 12.2 Å². The first-order valence-corrected chi connectivity index (χ1v) is 9.11. The number of halogens is 1. The maximum absolute atomic E-state index is 12.8. The fourth-order valence-corrected chi connectivity index (χ4v) is 3.47. The smallest absolute Gasteiger partial charge is 0.349 e. The van der Waals surface area contributed by atoms with Crippen molar-refractivity contribution >= 4 is 18.3 Å². The normalized spacial score (nSPS) is 19.1. The predicted molar refractivity (Wildman–Crippen MR) is 105 cm³/mol. The molecule has 1 atom stereocenters. The van der Waals surface area contributed by atoms with Crippen LogP contribution in [0, 0.1) is 6.92 Å². The number of carbonyl (C=O) groups is 1. The molecule has 3 heterocycles. The highest BCUT2D eigenvalue weighted by Crippen LogP contribution is 2.35. The largest absolute Gasteiger partial charge is 0.485 e. The van der Waals surface area contributed by atoms with E-state index in [1.165, 1.54) is 0 Å². The topological polar surface area (TPSA) is 95.0 Å². The number of likely N-dealkylation sites (tertiary alicyclic amines) is 1. The summed E-state index contributed by atoms with van der Waals surface area (Å²) in [6.07, 6.45) is 0.935. The van der Waals surface area contributed by atoms with Crippen LogP contribution in [-0.2, 0) is 0 Å². The summed E-state index contributed by atoms with van der Waals surface area (Å²) in [6, 6.07) is 9.12. The van der Waals surface area contributed by atoms with Crippen molar-refractivity contribution in [3.8, 4) is 11.5 Å². The third-order valence-corrected chi connectivity index (χ3v) is 5.03. The van der Waals surface area contributed by atoms with Crippen molar-refractivity contribution in [2.24, 2.45) is 5.73 Å². The first-order valence-electron chi connectivity index (χ1n) is 9.11. The summed E-state index contributed by atoms with van der Waals surface area (Å²) in [5.41, 5.74) is 5.89. The van der Waals surface area contributed by atoms with E-state index in [0.29, 0.717) is 35.9 Å². The van der Waals surface area contributed by atoms with Crippen molar-refractivity contribution in [2.45, 2.75) is 31.9 Å². The first kappa shape index (κ1) is 20.2. The number of rotatable bonds is 2. The van der Waals surface area contributed by atoms with Crippen molar-refractivity contribution in [3.05, 3.63) is 57.6 Å². The van der Waals surface area contributed by atoms with Crippen molar-refractivity contribution in [1.82, 2.24) is 4.90 Å². The Morgan fingerprint density at radius 2 is 1.86 bits per heavy atom.